The fourth-order valence-electron chi connectivity index (χ4n) is 2.79. The lowest BCUT2D eigenvalue weighted by atomic mass is 9.88. The van der Waals surface area contributed by atoms with E-state index in [1.807, 2.05) is 0 Å². The van der Waals surface area contributed by atoms with Crippen molar-refractivity contribution >= 4 is 23.2 Å². The predicted molar refractivity (Wildman–Crippen MR) is 90.1 cm³/mol. The number of hydrogen-bond acceptors (Lipinski definition) is 4. The Kier molecular flexibility index (Phi) is 6.69. The monoisotopic (exact) mass is 337 g/mol. The minimum absolute atomic E-state index is 0.0590. The molecule has 1 aromatic rings. The number of benzene rings is 1. The lowest BCUT2D eigenvalue weighted by Gasteiger charge is -2.21. The van der Waals surface area contributed by atoms with Crippen molar-refractivity contribution in [3.8, 4) is 0 Å². The molecule has 1 aromatic carbocycles. The van der Waals surface area contributed by atoms with Crippen molar-refractivity contribution in [1.82, 2.24) is 0 Å². The van der Waals surface area contributed by atoms with Gasteiger partial charge >= 0.3 is 0 Å². The van der Waals surface area contributed by atoms with Gasteiger partial charge in [-0.05, 0) is 31.0 Å². The molecule has 0 spiro atoms. The van der Waals surface area contributed by atoms with Gasteiger partial charge < -0.3 is 21.1 Å². The lowest BCUT2D eigenvalue weighted by molar-refractivity contribution is -0.121. The number of carbonyl (C=O) groups excluding carboxylic acids is 2. The molecule has 0 bridgehead atoms. The smallest absolute Gasteiger partial charge is 0.243 e. The van der Waals surface area contributed by atoms with Gasteiger partial charge in [-0.3, -0.25) is 9.59 Å². The van der Waals surface area contributed by atoms with Crippen LogP contribution in [0.3, 0.4) is 0 Å². The van der Waals surface area contributed by atoms with Crippen molar-refractivity contribution < 1.29 is 18.7 Å². The highest BCUT2D eigenvalue weighted by Gasteiger charge is 2.22. The number of anilines is 2. The first-order chi connectivity index (χ1) is 11.5. The summed E-state index contributed by atoms with van der Waals surface area (Å²) >= 11 is 0. The summed E-state index contributed by atoms with van der Waals surface area (Å²) in [5.74, 6) is -1.23. The Morgan fingerprint density at radius 2 is 2.00 bits per heavy atom. The number of rotatable bonds is 6. The zero-order valence-electron chi connectivity index (χ0n) is 13.8. The Labute approximate surface area is 140 Å². The molecule has 2 amide bonds. The molecule has 0 radical (unpaired) electrons. The summed E-state index contributed by atoms with van der Waals surface area (Å²) < 4.78 is 18.8. The second-order valence-electron chi connectivity index (χ2n) is 6.07. The summed E-state index contributed by atoms with van der Waals surface area (Å²) in [5.41, 5.74) is 6.07. The highest BCUT2D eigenvalue weighted by molar-refractivity contribution is 5.97. The maximum atomic E-state index is 13.9. The van der Waals surface area contributed by atoms with Crippen LogP contribution in [-0.2, 0) is 14.3 Å². The Balaban J connectivity index is 2.02. The number of ether oxygens (including phenoxy) is 1. The van der Waals surface area contributed by atoms with Gasteiger partial charge in [-0.15, -0.1) is 0 Å². The van der Waals surface area contributed by atoms with Crippen LogP contribution in [-0.4, -0.2) is 31.6 Å². The van der Waals surface area contributed by atoms with Crippen LogP contribution in [0.15, 0.2) is 18.2 Å². The van der Waals surface area contributed by atoms with E-state index in [4.69, 9.17) is 10.5 Å². The third-order valence-electron chi connectivity index (χ3n) is 4.15. The lowest BCUT2D eigenvalue weighted by Crippen LogP contribution is -2.39. The topological polar surface area (TPSA) is 93.4 Å². The third kappa shape index (κ3) is 5.01. The summed E-state index contributed by atoms with van der Waals surface area (Å²) in [6.07, 6.45) is 4.84. The van der Waals surface area contributed by atoms with Gasteiger partial charge in [0.1, 0.15) is 11.9 Å². The molecule has 0 aromatic heterocycles. The van der Waals surface area contributed by atoms with Crippen molar-refractivity contribution in [2.45, 2.75) is 38.1 Å². The molecule has 132 valence electrons. The van der Waals surface area contributed by atoms with Crippen LogP contribution in [0.25, 0.3) is 0 Å². The normalized spacial score (nSPS) is 16.5. The van der Waals surface area contributed by atoms with E-state index in [1.165, 1.54) is 25.3 Å². The molecule has 4 N–H and O–H groups in total. The largest absolute Gasteiger partial charge is 0.383 e. The van der Waals surface area contributed by atoms with Crippen LogP contribution in [0.4, 0.5) is 15.8 Å². The van der Waals surface area contributed by atoms with E-state index >= 15 is 0 Å². The first kappa shape index (κ1) is 18.4. The summed E-state index contributed by atoms with van der Waals surface area (Å²) in [4.78, 5) is 24.1. The van der Waals surface area contributed by atoms with Crippen LogP contribution in [0, 0.1) is 11.7 Å². The Morgan fingerprint density at radius 3 is 2.67 bits per heavy atom. The van der Waals surface area contributed by atoms with Crippen LogP contribution in [0.1, 0.15) is 32.1 Å². The summed E-state index contributed by atoms with van der Waals surface area (Å²) in [7, 11) is 1.45. The number of nitrogens with one attached hydrogen (secondary N) is 2. The molecule has 1 aliphatic carbocycles. The van der Waals surface area contributed by atoms with Crippen LogP contribution in [0.5, 0.6) is 0 Å². The zero-order chi connectivity index (χ0) is 17.5. The first-order valence-corrected chi connectivity index (χ1v) is 8.17. The van der Waals surface area contributed by atoms with E-state index < -0.39 is 17.8 Å². The number of methoxy groups -OCH3 is 1. The molecule has 1 saturated carbocycles. The van der Waals surface area contributed by atoms with E-state index in [0.717, 1.165) is 32.1 Å². The van der Waals surface area contributed by atoms with Gasteiger partial charge in [0.05, 0.1) is 12.3 Å². The van der Waals surface area contributed by atoms with Gasteiger partial charge in [0.2, 0.25) is 11.8 Å². The van der Waals surface area contributed by atoms with Crippen molar-refractivity contribution in [3.63, 3.8) is 0 Å². The van der Waals surface area contributed by atoms with E-state index in [0.29, 0.717) is 5.69 Å². The average Bonchev–Trinajstić information content (AvgIpc) is 2.58. The quantitative estimate of drug-likeness (QED) is 0.742. The standard InChI is InChI=1S/C17H24FN3O3/c1-24-10-14(19)17(23)20-12-7-8-13(18)15(9-12)21-16(22)11-5-3-2-4-6-11/h7-9,11,14H,2-6,10,19H2,1H3,(H,20,23)(H,21,22). The van der Waals surface area contributed by atoms with Gasteiger partial charge in [-0.2, -0.15) is 0 Å². The zero-order valence-corrected chi connectivity index (χ0v) is 13.8. The van der Waals surface area contributed by atoms with Gasteiger partial charge in [0.25, 0.3) is 0 Å². The number of carbonyl (C=O) groups is 2. The molecule has 0 aliphatic heterocycles. The van der Waals surface area contributed by atoms with Gasteiger partial charge in [0.15, 0.2) is 0 Å². The maximum Gasteiger partial charge on any atom is 0.243 e. The van der Waals surface area contributed by atoms with Crippen molar-refractivity contribution in [2.24, 2.45) is 11.7 Å². The Hall–Kier alpha value is -1.99. The highest BCUT2D eigenvalue weighted by atomic mass is 19.1. The predicted octanol–water partition coefficient (Wildman–Crippen LogP) is 2.26. The SMILES string of the molecule is COCC(N)C(=O)Nc1ccc(F)c(NC(=O)C2CCCCC2)c1. The molecule has 0 saturated heterocycles. The molecule has 1 unspecified atom stereocenters. The van der Waals surface area contributed by atoms with E-state index in [9.17, 15) is 14.0 Å². The molecule has 1 fully saturated rings. The fourth-order valence-corrected chi connectivity index (χ4v) is 2.79. The van der Waals surface area contributed by atoms with Crippen LogP contribution >= 0.6 is 0 Å². The minimum atomic E-state index is -0.819. The van der Waals surface area contributed by atoms with E-state index in [1.54, 1.807) is 0 Å². The number of nitrogens with two attached hydrogens (primary N) is 1. The fraction of sp³-hybridized carbons (Fsp3) is 0.529. The van der Waals surface area contributed by atoms with Crippen molar-refractivity contribution in [3.05, 3.63) is 24.0 Å². The second-order valence-corrected chi connectivity index (χ2v) is 6.07. The molecule has 0 heterocycles. The Morgan fingerprint density at radius 1 is 1.29 bits per heavy atom. The number of hydrogen-bond donors (Lipinski definition) is 3. The minimum Gasteiger partial charge on any atom is -0.383 e. The number of halogens is 1. The molecule has 1 aliphatic rings. The first-order valence-electron chi connectivity index (χ1n) is 8.17. The molecule has 6 nitrogen and oxygen atoms in total. The third-order valence-corrected chi connectivity index (χ3v) is 4.15. The average molecular weight is 337 g/mol. The number of amides is 2. The summed E-state index contributed by atoms with van der Waals surface area (Å²) in [5, 5.41) is 5.21. The highest BCUT2D eigenvalue weighted by Crippen LogP contribution is 2.26. The van der Waals surface area contributed by atoms with Crippen LogP contribution < -0.4 is 16.4 Å². The molecular formula is C17H24FN3O3. The molecule has 2 rings (SSSR count). The Bertz CT molecular complexity index is 588. The molecule has 7 heteroatoms. The molecule has 1 atom stereocenters. The van der Waals surface area contributed by atoms with E-state index in [-0.39, 0.29) is 24.1 Å². The molecular weight excluding hydrogens is 313 g/mol. The maximum absolute atomic E-state index is 13.9. The van der Waals surface area contributed by atoms with Gasteiger partial charge in [0, 0.05) is 18.7 Å². The van der Waals surface area contributed by atoms with Gasteiger partial charge in [-0.1, -0.05) is 19.3 Å². The van der Waals surface area contributed by atoms with Gasteiger partial charge in [-0.25, -0.2) is 4.39 Å². The molecule has 24 heavy (non-hydrogen) atoms. The van der Waals surface area contributed by atoms with E-state index in [2.05, 4.69) is 10.6 Å². The van der Waals surface area contributed by atoms with Crippen molar-refractivity contribution in [2.75, 3.05) is 24.4 Å². The van der Waals surface area contributed by atoms with Crippen molar-refractivity contribution in [1.29, 1.82) is 0 Å². The second kappa shape index (κ2) is 8.75. The van der Waals surface area contributed by atoms with Crippen LogP contribution in [0.2, 0.25) is 0 Å². The summed E-state index contributed by atoms with van der Waals surface area (Å²) in [6, 6.07) is 3.20. The summed E-state index contributed by atoms with van der Waals surface area (Å²) in [6.45, 7) is 0.0816.